The van der Waals surface area contributed by atoms with E-state index in [0.717, 1.165) is 16.8 Å². The number of rotatable bonds is 2. The lowest BCUT2D eigenvalue weighted by molar-refractivity contribution is -0.117. The molecule has 0 bridgehead atoms. The number of benzene rings is 3. The largest absolute Gasteiger partial charge is 0.512 e. The first-order valence-electron chi connectivity index (χ1n) is 10.8. The number of aliphatic hydroxyl groups excluding tert-OH is 1. The molecule has 0 saturated heterocycles. The molecular formula is C27H22ClFN2O2. The Bertz CT molecular complexity index is 1270. The van der Waals surface area contributed by atoms with Gasteiger partial charge in [0.2, 0.25) is 5.91 Å². The quantitative estimate of drug-likeness (QED) is 0.452. The highest BCUT2D eigenvalue weighted by atomic mass is 35.5. The van der Waals surface area contributed by atoms with Crippen molar-refractivity contribution in [3.05, 3.63) is 107 Å². The van der Waals surface area contributed by atoms with Crippen molar-refractivity contribution >= 4 is 34.6 Å². The molecule has 1 aliphatic carbocycles. The first kappa shape index (κ1) is 21.4. The molecule has 0 spiro atoms. The summed E-state index contributed by atoms with van der Waals surface area (Å²) in [4.78, 5) is 19.6. The lowest BCUT2D eigenvalue weighted by Crippen LogP contribution is -2.41. The molecule has 0 unspecified atom stereocenters. The van der Waals surface area contributed by atoms with E-state index in [2.05, 4.69) is 0 Å². The fraction of sp³-hybridized carbons (Fsp3) is 0.185. The number of anilines is 1. The van der Waals surface area contributed by atoms with Crippen molar-refractivity contribution in [3.63, 3.8) is 0 Å². The lowest BCUT2D eigenvalue weighted by atomic mass is 9.76. The highest BCUT2D eigenvalue weighted by molar-refractivity contribution is 6.30. The Morgan fingerprint density at radius 3 is 2.39 bits per heavy atom. The van der Waals surface area contributed by atoms with Gasteiger partial charge in [0.1, 0.15) is 11.6 Å². The molecular weight excluding hydrogens is 439 g/mol. The van der Waals surface area contributed by atoms with E-state index >= 15 is 0 Å². The number of hydrogen-bond acceptors (Lipinski definition) is 3. The van der Waals surface area contributed by atoms with Gasteiger partial charge in [-0.05, 0) is 60.0 Å². The van der Waals surface area contributed by atoms with Gasteiger partial charge in [-0.15, -0.1) is 0 Å². The summed E-state index contributed by atoms with van der Waals surface area (Å²) in [6.45, 7) is 1.50. The first-order valence-corrected chi connectivity index (χ1v) is 11.2. The van der Waals surface area contributed by atoms with Gasteiger partial charge in [0.15, 0.2) is 0 Å². The van der Waals surface area contributed by atoms with E-state index in [1.54, 1.807) is 17.0 Å². The molecule has 2 aliphatic rings. The third-order valence-corrected chi connectivity index (χ3v) is 6.58. The molecule has 0 fully saturated rings. The molecule has 4 nitrogen and oxygen atoms in total. The SMILES string of the molecule is CC(=O)N1c2ccccc2N=C2C[C@H](c3ccc(Cl)cc3)C=C(O)[C@H]2[C@H]1c1ccc(F)cc1. The van der Waals surface area contributed by atoms with Crippen LogP contribution < -0.4 is 4.90 Å². The highest BCUT2D eigenvalue weighted by Crippen LogP contribution is 2.48. The Balaban J connectivity index is 1.70. The number of carbonyl (C=O) groups is 1. The van der Waals surface area contributed by atoms with Crippen LogP contribution in [-0.2, 0) is 4.79 Å². The van der Waals surface area contributed by atoms with Crippen molar-refractivity contribution in [2.45, 2.75) is 25.3 Å². The number of fused-ring (bicyclic) bond motifs is 2. The zero-order valence-electron chi connectivity index (χ0n) is 18.0. The first-order chi connectivity index (χ1) is 15.9. The molecule has 1 heterocycles. The third-order valence-electron chi connectivity index (χ3n) is 6.33. The number of amides is 1. The molecule has 6 heteroatoms. The average molecular weight is 461 g/mol. The zero-order chi connectivity index (χ0) is 23.1. The van der Waals surface area contributed by atoms with Crippen LogP contribution in [0.3, 0.4) is 0 Å². The van der Waals surface area contributed by atoms with Crippen LogP contribution in [0.4, 0.5) is 15.8 Å². The van der Waals surface area contributed by atoms with Crippen molar-refractivity contribution in [2.75, 3.05) is 4.90 Å². The van der Waals surface area contributed by atoms with E-state index in [4.69, 9.17) is 16.6 Å². The van der Waals surface area contributed by atoms with Crippen molar-refractivity contribution in [1.29, 1.82) is 0 Å². The van der Waals surface area contributed by atoms with Crippen molar-refractivity contribution in [2.24, 2.45) is 10.9 Å². The lowest BCUT2D eigenvalue weighted by Gasteiger charge is -2.38. The van der Waals surface area contributed by atoms with Crippen LogP contribution in [0.1, 0.15) is 36.4 Å². The van der Waals surface area contributed by atoms with Gasteiger partial charge in [-0.2, -0.15) is 0 Å². The number of nitrogens with zero attached hydrogens (tertiary/aromatic N) is 2. The number of para-hydroxylation sites is 2. The van der Waals surface area contributed by atoms with Crippen LogP contribution in [0.25, 0.3) is 0 Å². The monoisotopic (exact) mass is 460 g/mol. The molecule has 3 atom stereocenters. The van der Waals surface area contributed by atoms with Gasteiger partial charge in [-0.3, -0.25) is 9.79 Å². The van der Waals surface area contributed by atoms with E-state index in [0.29, 0.717) is 22.8 Å². The van der Waals surface area contributed by atoms with Gasteiger partial charge in [0.05, 0.1) is 23.3 Å². The Morgan fingerprint density at radius 1 is 1.03 bits per heavy atom. The summed E-state index contributed by atoms with van der Waals surface area (Å²) in [6, 6.07) is 20.5. The van der Waals surface area contributed by atoms with Gasteiger partial charge in [-0.25, -0.2) is 4.39 Å². The number of halogens is 2. The van der Waals surface area contributed by atoms with Crippen LogP contribution in [-0.4, -0.2) is 16.7 Å². The Labute approximate surface area is 196 Å². The van der Waals surface area contributed by atoms with E-state index < -0.39 is 12.0 Å². The molecule has 1 aliphatic heterocycles. The van der Waals surface area contributed by atoms with Gasteiger partial charge >= 0.3 is 0 Å². The average Bonchev–Trinajstić information content (AvgIpc) is 2.94. The minimum Gasteiger partial charge on any atom is -0.512 e. The third kappa shape index (κ3) is 3.93. The summed E-state index contributed by atoms with van der Waals surface area (Å²) >= 11 is 6.06. The van der Waals surface area contributed by atoms with Crippen molar-refractivity contribution in [3.8, 4) is 0 Å². The fourth-order valence-corrected chi connectivity index (χ4v) is 4.98. The molecule has 0 radical (unpaired) electrons. The number of aliphatic hydroxyl groups is 1. The molecule has 0 saturated carbocycles. The van der Waals surface area contributed by atoms with Crippen molar-refractivity contribution < 1.29 is 14.3 Å². The molecule has 3 aromatic carbocycles. The number of aliphatic imine (C=N–C) groups is 1. The second-order valence-corrected chi connectivity index (χ2v) is 8.85. The normalized spacial score (nSPS) is 21.9. The summed E-state index contributed by atoms with van der Waals surface area (Å²) < 4.78 is 13.7. The van der Waals surface area contributed by atoms with Crippen LogP contribution in [0.5, 0.6) is 0 Å². The predicted molar refractivity (Wildman–Crippen MR) is 129 cm³/mol. The maximum atomic E-state index is 13.7. The van der Waals surface area contributed by atoms with Crippen LogP contribution >= 0.6 is 11.6 Å². The molecule has 1 N–H and O–H groups in total. The zero-order valence-corrected chi connectivity index (χ0v) is 18.7. The summed E-state index contributed by atoms with van der Waals surface area (Å²) in [6.07, 6.45) is 2.41. The molecule has 166 valence electrons. The van der Waals surface area contributed by atoms with E-state index in [-0.39, 0.29) is 23.4 Å². The highest BCUT2D eigenvalue weighted by Gasteiger charge is 2.43. The maximum absolute atomic E-state index is 13.7. The smallest absolute Gasteiger partial charge is 0.224 e. The summed E-state index contributed by atoms with van der Waals surface area (Å²) in [5.41, 5.74) is 3.86. The second-order valence-electron chi connectivity index (χ2n) is 8.41. The maximum Gasteiger partial charge on any atom is 0.224 e. The van der Waals surface area contributed by atoms with Gasteiger partial charge < -0.3 is 10.0 Å². The Kier molecular flexibility index (Phi) is 5.51. The molecule has 3 aromatic rings. The summed E-state index contributed by atoms with van der Waals surface area (Å²) in [5, 5.41) is 12.0. The van der Waals surface area contributed by atoms with Crippen LogP contribution in [0.2, 0.25) is 5.02 Å². The second kappa shape index (κ2) is 8.49. The minimum absolute atomic E-state index is 0.0813. The standard InChI is InChI=1S/C27H22ClFN2O2/c1-16(32)31-24-5-3-2-4-22(24)30-23-14-19(17-6-10-20(28)11-7-17)15-25(33)26(23)27(31)18-8-12-21(29)13-9-18/h2-13,15,19,26-27,33H,14H2,1H3/t19-,26-,27+/m0/s1. The van der Waals surface area contributed by atoms with E-state index in [1.165, 1.54) is 19.1 Å². The summed E-state index contributed by atoms with van der Waals surface area (Å²) in [7, 11) is 0. The Morgan fingerprint density at radius 2 is 1.70 bits per heavy atom. The topological polar surface area (TPSA) is 52.9 Å². The van der Waals surface area contributed by atoms with Crippen LogP contribution in [0, 0.1) is 11.7 Å². The number of allylic oxidation sites excluding steroid dienone is 1. The fourth-order valence-electron chi connectivity index (χ4n) is 4.86. The number of carbonyl (C=O) groups excluding carboxylic acids is 1. The van der Waals surface area contributed by atoms with Gasteiger partial charge in [0.25, 0.3) is 0 Å². The van der Waals surface area contributed by atoms with E-state index in [1.807, 2.05) is 54.6 Å². The Hall–Kier alpha value is -3.44. The van der Waals surface area contributed by atoms with Gasteiger partial charge in [-0.1, -0.05) is 48.0 Å². The molecule has 0 aromatic heterocycles. The predicted octanol–water partition coefficient (Wildman–Crippen LogP) is 6.91. The minimum atomic E-state index is -0.562. The molecule has 1 amide bonds. The summed E-state index contributed by atoms with van der Waals surface area (Å²) in [5.74, 6) is -1.02. The van der Waals surface area contributed by atoms with Crippen molar-refractivity contribution in [1.82, 2.24) is 0 Å². The van der Waals surface area contributed by atoms with Crippen LogP contribution in [0.15, 0.2) is 89.6 Å². The molecule has 33 heavy (non-hydrogen) atoms. The molecule has 5 rings (SSSR count). The van der Waals surface area contributed by atoms with Gasteiger partial charge in [0, 0.05) is 23.6 Å². The van der Waals surface area contributed by atoms with E-state index in [9.17, 15) is 14.3 Å². The number of hydrogen-bond donors (Lipinski definition) is 1.